The normalized spacial score (nSPS) is 13.0. The first-order valence-electron chi connectivity index (χ1n) is 10.4. The lowest BCUT2D eigenvalue weighted by atomic mass is 9.86. The highest BCUT2D eigenvalue weighted by Crippen LogP contribution is 2.27. The smallest absolute Gasteiger partial charge is 0.232 e. The molecule has 2 rings (SSSR count). The van der Waals surface area contributed by atoms with E-state index in [0.717, 1.165) is 17.4 Å². The minimum absolute atomic E-state index is 0.0812. The molecular formula is C24H33ClN2O3S. The van der Waals surface area contributed by atoms with Crippen molar-refractivity contribution in [2.45, 2.75) is 58.9 Å². The number of benzene rings is 2. The van der Waals surface area contributed by atoms with Crippen LogP contribution >= 0.6 is 11.6 Å². The molecule has 0 unspecified atom stereocenters. The second kappa shape index (κ2) is 10.0. The topological polar surface area (TPSA) is 66.5 Å². The van der Waals surface area contributed by atoms with Crippen LogP contribution in [0.2, 0.25) is 5.02 Å². The van der Waals surface area contributed by atoms with Crippen LogP contribution in [0.15, 0.2) is 42.5 Å². The van der Waals surface area contributed by atoms with E-state index in [1.165, 1.54) is 9.87 Å². The van der Waals surface area contributed by atoms with E-state index in [9.17, 15) is 13.2 Å². The predicted octanol–water partition coefficient (Wildman–Crippen LogP) is 5.37. The van der Waals surface area contributed by atoms with E-state index in [4.69, 9.17) is 11.6 Å². The van der Waals surface area contributed by atoms with Gasteiger partial charge in [0.25, 0.3) is 0 Å². The van der Waals surface area contributed by atoms with Crippen molar-refractivity contribution in [3.63, 3.8) is 0 Å². The van der Waals surface area contributed by atoms with Crippen LogP contribution in [0.5, 0.6) is 0 Å². The maximum Gasteiger partial charge on any atom is 0.232 e. The average Bonchev–Trinajstić information content (AvgIpc) is 2.66. The summed E-state index contributed by atoms with van der Waals surface area (Å²) in [6.45, 7) is 10.5. The van der Waals surface area contributed by atoms with Gasteiger partial charge in [-0.1, -0.05) is 62.7 Å². The van der Waals surface area contributed by atoms with Gasteiger partial charge in [0.15, 0.2) is 0 Å². The predicted molar refractivity (Wildman–Crippen MR) is 129 cm³/mol. The van der Waals surface area contributed by atoms with Crippen molar-refractivity contribution >= 4 is 33.2 Å². The minimum atomic E-state index is -3.49. The van der Waals surface area contributed by atoms with Gasteiger partial charge in [-0.15, -0.1) is 0 Å². The summed E-state index contributed by atoms with van der Waals surface area (Å²) >= 11 is 6.06. The summed E-state index contributed by atoms with van der Waals surface area (Å²) in [5.74, 6) is -0.108. The third kappa shape index (κ3) is 7.25. The van der Waals surface area contributed by atoms with Gasteiger partial charge in [-0.25, -0.2) is 8.42 Å². The van der Waals surface area contributed by atoms with Crippen LogP contribution in [0.3, 0.4) is 0 Å². The van der Waals surface area contributed by atoms with Crippen LogP contribution in [-0.4, -0.2) is 27.1 Å². The van der Waals surface area contributed by atoms with Gasteiger partial charge in [-0.05, 0) is 54.5 Å². The van der Waals surface area contributed by atoms with Crippen molar-refractivity contribution in [1.29, 1.82) is 0 Å². The maximum atomic E-state index is 12.4. The Morgan fingerprint density at radius 2 is 1.74 bits per heavy atom. The molecule has 2 aromatic carbocycles. The van der Waals surface area contributed by atoms with E-state index < -0.39 is 10.0 Å². The van der Waals surface area contributed by atoms with Crippen LogP contribution in [-0.2, 0) is 20.2 Å². The van der Waals surface area contributed by atoms with Gasteiger partial charge in [0.2, 0.25) is 15.9 Å². The summed E-state index contributed by atoms with van der Waals surface area (Å²) < 4.78 is 25.9. The molecular weight excluding hydrogens is 432 g/mol. The van der Waals surface area contributed by atoms with Crippen LogP contribution in [0.1, 0.15) is 63.3 Å². The summed E-state index contributed by atoms with van der Waals surface area (Å²) in [5, 5.41) is 3.47. The Hall–Kier alpha value is -2.05. The number of hydrogen-bond donors (Lipinski definition) is 1. The van der Waals surface area contributed by atoms with Crippen molar-refractivity contribution < 1.29 is 13.2 Å². The number of halogens is 1. The number of sulfonamides is 1. The van der Waals surface area contributed by atoms with Crippen molar-refractivity contribution in [2.75, 3.05) is 17.1 Å². The molecule has 0 aromatic heterocycles. The number of nitrogens with zero attached hydrogens (tertiary/aromatic N) is 1. The van der Waals surface area contributed by atoms with Crippen LogP contribution in [0, 0.1) is 6.92 Å². The standard InChI is InChI=1S/C24H33ClN2O3S/c1-17-9-14-21(25)16-22(17)27(31(6,29)30)15-7-8-23(28)26-18(2)19-10-12-20(13-11-19)24(3,4)5/h9-14,16,18H,7-8,15H2,1-6H3,(H,26,28)/t18-/m1/s1. The summed E-state index contributed by atoms with van der Waals surface area (Å²) in [6, 6.07) is 13.3. The maximum absolute atomic E-state index is 12.4. The van der Waals surface area contributed by atoms with Crippen molar-refractivity contribution in [3.8, 4) is 0 Å². The first kappa shape index (κ1) is 25.2. The molecule has 7 heteroatoms. The molecule has 5 nitrogen and oxygen atoms in total. The molecule has 0 aliphatic rings. The molecule has 0 spiro atoms. The molecule has 0 radical (unpaired) electrons. The molecule has 0 saturated carbocycles. The van der Waals surface area contributed by atoms with E-state index in [0.29, 0.717) is 17.1 Å². The molecule has 0 bridgehead atoms. The Bertz CT molecular complexity index is 1010. The SMILES string of the molecule is Cc1ccc(Cl)cc1N(CCCC(=O)N[C@H](C)c1ccc(C(C)(C)C)cc1)S(C)(=O)=O. The second-order valence-electron chi connectivity index (χ2n) is 9.03. The fourth-order valence-corrected chi connectivity index (χ4v) is 4.55. The zero-order valence-electron chi connectivity index (χ0n) is 19.2. The quantitative estimate of drug-likeness (QED) is 0.571. The fourth-order valence-electron chi connectivity index (χ4n) is 3.37. The number of nitrogens with one attached hydrogen (secondary N) is 1. The average molecular weight is 465 g/mol. The van der Waals surface area contributed by atoms with E-state index in [1.807, 2.05) is 26.0 Å². The molecule has 0 aliphatic heterocycles. The molecule has 1 amide bonds. The highest BCUT2D eigenvalue weighted by molar-refractivity contribution is 7.92. The number of carbonyl (C=O) groups excluding carboxylic acids is 1. The Balaban J connectivity index is 1.97. The van der Waals surface area contributed by atoms with E-state index in [-0.39, 0.29) is 30.3 Å². The largest absolute Gasteiger partial charge is 0.350 e. The minimum Gasteiger partial charge on any atom is -0.350 e. The summed E-state index contributed by atoms with van der Waals surface area (Å²) in [4.78, 5) is 12.4. The third-order valence-electron chi connectivity index (χ3n) is 5.26. The van der Waals surface area contributed by atoms with Gasteiger partial charge in [-0.2, -0.15) is 0 Å². The van der Waals surface area contributed by atoms with Crippen molar-refractivity contribution in [2.24, 2.45) is 0 Å². The van der Waals surface area contributed by atoms with Gasteiger partial charge < -0.3 is 5.32 Å². The zero-order chi connectivity index (χ0) is 23.4. The zero-order valence-corrected chi connectivity index (χ0v) is 20.8. The van der Waals surface area contributed by atoms with Crippen molar-refractivity contribution in [3.05, 3.63) is 64.2 Å². The van der Waals surface area contributed by atoms with Gasteiger partial charge in [0, 0.05) is 18.0 Å². The van der Waals surface area contributed by atoms with Gasteiger partial charge >= 0.3 is 0 Å². The number of hydrogen-bond acceptors (Lipinski definition) is 3. The molecule has 0 saturated heterocycles. The number of anilines is 1. The number of aryl methyl sites for hydroxylation is 1. The number of amides is 1. The van der Waals surface area contributed by atoms with E-state index >= 15 is 0 Å². The first-order chi connectivity index (χ1) is 14.3. The Morgan fingerprint density at radius 1 is 1.13 bits per heavy atom. The van der Waals surface area contributed by atoms with Crippen LogP contribution in [0.25, 0.3) is 0 Å². The van der Waals surface area contributed by atoms with Gasteiger partial charge in [-0.3, -0.25) is 9.10 Å². The van der Waals surface area contributed by atoms with E-state index in [1.54, 1.807) is 18.2 Å². The number of carbonyl (C=O) groups is 1. The molecule has 1 atom stereocenters. The van der Waals surface area contributed by atoms with Crippen LogP contribution < -0.4 is 9.62 Å². The molecule has 170 valence electrons. The van der Waals surface area contributed by atoms with Gasteiger partial charge in [0.05, 0.1) is 18.0 Å². The van der Waals surface area contributed by atoms with Crippen LogP contribution in [0.4, 0.5) is 5.69 Å². The highest BCUT2D eigenvalue weighted by Gasteiger charge is 2.20. The Kier molecular flexibility index (Phi) is 8.17. The van der Waals surface area contributed by atoms with E-state index in [2.05, 4.69) is 38.2 Å². The molecule has 31 heavy (non-hydrogen) atoms. The monoisotopic (exact) mass is 464 g/mol. The number of rotatable bonds is 8. The summed E-state index contributed by atoms with van der Waals surface area (Å²) in [6.07, 6.45) is 1.80. The third-order valence-corrected chi connectivity index (χ3v) is 6.67. The first-order valence-corrected chi connectivity index (χ1v) is 12.7. The van der Waals surface area contributed by atoms with Crippen molar-refractivity contribution in [1.82, 2.24) is 5.32 Å². The molecule has 2 aromatic rings. The summed E-state index contributed by atoms with van der Waals surface area (Å²) in [7, 11) is -3.49. The highest BCUT2D eigenvalue weighted by atomic mass is 35.5. The lowest BCUT2D eigenvalue weighted by Crippen LogP contribution is -2.33. The molecule has 1 N–H and O–H groups in total. The molecule has 0 heterocycles. The van der Waals surface area contributed by atoms with Gasteiger partial charge in [0.1, 0.15) is 0 Å². The summed E-state index contributed by atoms with van der Waals surface area (Å²) in [5.41, 5.74) is 3.72. The lowest BCUT2D eigenvalue weighted by Gasteiger charge is -2.24. The lowest BCUT2D eigenvalue weighted by molar-refractivity contribution is -0.121. The molecule has 0 aliphatic carbocycles. The molecule has 0 fully saturated rings. The Labute approximate surface area is 191 Å². The Morgan fingerprint density at radius 3 is 2.29 bits per heavy atom. The fraction of sp³-hybridized carbons (Fsp3) is 0.458. The second-order valence-corrected chi connectivity index (χ2v) is 11.4.